The molecule has 1 fully saturated rings. The Bertz CT molecular complexity index is 1190. The zero-order chi connectivity index (χ0) is 21.8. The fourth-order valence-corrected chi connectivity index (χ4v) is 5.01. The van der Waals surface area contributed by atoms with E-state index in [1.54, 1.807) is 0 Å². The zero-order valence-corrected chi connectivity index (χ0v) is 18.8. The van der Waals surface area contributed by atoms with Crippen molar-refractivity contribution < 1.29 is 4.79 Å². The summed E-state index contributed by atoms with van der Waals surface area (Å²) in [7, 11) is 0. The number of benzene rings is 2. The van der Waals surface area contributed by atoms with Crippen LogP contribution in [0.4, 0.5) is 5.13 Å². The van der Waals surface area contributed by atoms with Crippen molar-refractivity contribution in [1.82, 2.24) is 19.8 Å². The Morgan fingerprint density at radius 3 is 2.69 bits per heavy atom. The van der Waals surface area contributed by atoms with Gasteiger partial charge in [0, 0.05) is 47.7 Å². The fraction of sp³-hybridized carbons (Fsp3) is 0.280. The largest absolute Gasteiger partial charge is 0.360 e. The Morgan fingerprint density at radius 2 is 1.78 bits per heavy atom. The van der Waals surface area contributed by atoms with Crippen molar-refractivity contribution >= 4 is 33.3 Å². The van der Waals surface area contributed by atoms with Crippen LogP contribution in [-0.2, 0) is 11.3 Å². The van der Waals surface area contributed by atoms with E-state index < -0.39 is 0 Å². The minimum atomic E-state index is 0.00124. The average Bonchev–Trinajstić information content (AvgIpc) is 3.38. The number of nitrogens with one attached hydrogen (secondary N) is 2. The molecule has 1 amide bonds. The number of hydrogen-bond acceptors (Lipinski definition) is 5. The number of hydrogen-bond donors (Lipinski definition) is 2. The van der Waals surface area contributed by atoms with E-state index in [2.05, 4.69) is 67.5 Å². The summed E-state index contributed by atoms with van der Waals surface area (Å²) >= 11 is 1.47. The maximum Gasteiger partial charge on any atom is 0.240 e. The van der Waals surface area contributed by atoms with Crippen LogP contribution in [0.25, 0.3) is 22.2 Å². The van der Waals surface area contributed by atoms with Crippen LogP contribution in [0.5, 0.6) is 0 Å². The Labute approximate surface area is 191 Å². The lowest BCUT2D eigenvalue weighted by atomic mass is 10.1. The molecule has 3 heterocycles. The molecule has 32 heavy (non-hydrogen) atoms. The number of amides is 1. The third kappa shape index (κ3) is 4.91. The molecule has 4 aromatic rings. The summed E-state index contributed by atoms with van der Waals surface area (Å²) < 4.78 is 0. The van der Waals surface area contributed by atoms with E-state index in [0.717, 1.165) is 61.3 Å². The van der Waals surface area contributed by atoms with Crippen LogP contribution >= 0.6 is 11.3 Å². The number of aromatic nitrogens is 2. The Hall–Kier alpha value is -3.00. The van der Waals surface area contributed by atoms with Gasteiger partial charge in [0.25, 0.3) is 0 Å². The lowest BCUT2D eigenvalue weighted by Crippen LogP contribution is -2.36. The topological polar surface area (TPSA) is 64.3 Å². The van der Waals surface area contributed by atoms with Gasteiger partial charge in [-0.05, 0) is 31.1 Å². The highest BCUT2D eigenvalue weighted by Gasteiger charge is 2.18. The van der Waals surface area contributed by atoms with E-state index in [-0.39, 0.29) is 5.91 Å². The first-order chi connectivity index (χ1) is 15.7. The van der Waals surface area contributed by atoms with Crippen LogP contribution in [0.2, 0.25) is 0 Å². The van der Waals surface area contributed by atoms with E-state index in [1.165, 1.54) is 16.9 Å². The molecular formula is C25H27N5OS. The summed E-state index contributed by atoms with van der Waals surface area (Å²) in [5.74, 6) is 0.00124. The molecule has 0 unspecified atom stereocenters. The summed E-state index contributed by atoms with van der Waals surface area (Å²) in [6.07, 6.45) is 3.05. The quantitative estimate of drug-likeness (QED) is 0.461. The molecule has 1 aliphatic rings. The third-order valence-corrected chi connectivity index (χ3v) is 6.67. The normalized spacial score (nSPS) is 15.6. The number of nitrogens with zero attached hydrogens (tertiary/aromatic N) is 3. The van der Waals surface area contributed by atoms with Crippen LogP contribution in [0.3, 0.4) is 0 Å². The number of aromatic amines is 1. The highest BCUT2D eigenvalue weighted by Crippen LogP contribution is 2.30. The van der Waals surface area contributed by atoms with Crippen LogP contribution in [0.1, 0.15) is 12.0 Å². The Balaban J connectivity index is 1.15. The van der Waals surface area contributed by atoms with Gasteiger partial charge < -0.3 is 10.3 Å². The Kier molecular flexibility index (Phi) is 6.29. The maximum atomic E-state index is 12.7. The highest BCUT2D eigenvalue weighted by molar-refractivity contribution is 7.14. The van der Waals surface area contributed by atoms with Gasteiger partial charge in [-0.2, -0.15) is 0 Å². The van der Waals surface area contributed by atoms with Gasteiger partial charge in [0.15, 0.2) is 5.13 Å². The molecule has 0 bridgehead atoms. The molecule has 1 saturated heterocycles. The SMILES string of the molecule is O=C(CN1CCCN(Cc2ccccc2)CC1)Nc1nc(-c2c[nH]c3ccccc23)cs1. The lowest BCUT2D eigenvalue weighted by Gasteiger charge is -2.21. The van der Waals surface area contributed by atoms with Gasteiger partial charge in [-0.3, -0.25) is 14.6 Å². The predicted octanol–water partition coefficient (Wildman–Crippen LogP) is 4.44. The molecule has 0 aliphatic carbocycles. The number of carbonyl (C=O) groups is 1. The number of carbonyl (C=O) groups excluding carboxylic acids is 1. The van der Waals surface area contributed by atoms with Crippen molar-refractivity contribution in [3.63, 3.8) is 0 Å². The number of H-pyrrole nitrogens is 1. The van der Waals surface area contributed by atoms with Crippen LogP contribution in [0, 0.1) is 0 Å². The molecule has 0 saturated carbocycles. The van der Waals surface area contributed by atoms with Gasteiger partial charge in [-0.25, -0.2) is 4.98 Å². The van der Waals surface area contributed by atoms with Gasteiger partial charge in [0.05, 0.1) is 12.2 Å². The Morgan fingerprint density at radius 1 is 1.00 bits per heavy atom. The summed E-state index contributed by atoms with van der Waals surface area (Å²) in [4.78, 5) is 25.3. The number of fused-ring (bicyclic) bond motifs is 1. The molecule has 2 aromatic carbocycles. The second-order valence-corrected chi connectivity index (χ2v) is 9.08. The molecule has 0 atom stereocenters. The molecule has 0 spiro atoms. The molecule has 2 aromatic heterocycles. The minimum Gasteiger partial charge on any atom is -0.360 e. The van der Waals surface area contributed by atoms with Crippen molar-refractivity contribution in [1.29, 1.82) is 0 Å². The molecular weight excluding hydrogens is 418 g/mol. The lowest BCUT2D eigenvalue weighted by molar-refractivity contribution is -0.117. The number of anilines is 1. The molecule has 7 heteroatoms. The number of para-hydroxylation sites is 1. The predicted molar refractivity (Wildman–Crippen MR) is 131 cm³/mol. The van der Waals surface area contributed by atoms with E-state index in [0.29, 0.717) is 11.7 Å². The van der Waals surface area contributed by atoms with Gasteiger partial charge in [0.1, 0.15) is 0 Å². The zero-order valence-electron chi connectivity index (χ0n) is 18.0. The first-order valence-electron chi connectivity index (χ1n) is 11.0. The third-order valence-electron chi connectivity index (χ3n) is 5.91. The minimum absolute atomic E-state index is 0.00124. The van der Waals surface area contributed by atoms with E-state index >= 15 is 0 Å². The smallest absolute Gasteiger partial charge is 0.240 e. The average molecular weight is 446 g/mol. The molecule has 5 rings (SSSR count). The number of thiazole rings is 1. The van der Waals surface area contributed by atoms with E-state index in [9.17, 15) is 4.79 Å². The maximum absolute atomic E-state index is 12.7. The van der Waals surface area contributed by atoms with Gasteiger partial charge in [0.2, 0.25) is 5.91 Å². The summed E-state index contributed by atoms with van der Waals surface area (Å²) in [6, 6.07) is 18.8. The first kappa shape index (κ1) is 20.9. The molecule has 2 N–H and O–H groups in total. The molecule has 1 aliphatic heterocycles. The van der Waals surface area contributed by atoms with Crippen LogP contribution in [-0.4, -0.2) is 58.4 Å². The second kappa shape index (κ2) is 9.65. The molecule has 0 radical (unpaired) electrons. The molecule has 6 nitrogen and oxygen atoms in total. The van der Waals surface area contributed by atoms with Crippen molar-refractivity contribution in [3.8, 4) is 11.3 Å². The highest BCUT2D eigenvalue weighted by atomic mass is 32.1. The van der Waals surface area contributed by atoms with Crippen LogP contribution < -0.4 is 5.32 Å². The summed E-state index contributed by atoms with van der Waals surface area (Å²) in [5.41, 5.74) is 4.37. The van der Waals surface area contributed by atoms with Crippen molar-refractivity contribution in [2.45, 2.75) is 13.0 Å². The van der Waals surface area contributed by atoms with Gasteiger partial charge >= 0.3 is 0 Å². The van der Waals surface area contributed by atoms with E-state index in [1.807, 2.05) is 23.7 Å². The van der Waals surface area contributed by atoms with E-state index in [4.69, 9.17) is 0 Å². The standard InChI is InChI=1S/C25H27N5OS/c31-24(17-30-12-6-11-29(13-14-30)16-19-7-2-1-3-8-19)28-25-27-23(18-32-25)21-15-26-22-10-5-4-9-20(21)22/h1-5,7-10,15,18,26H,6,11-14,16-17H2,(H,27,28,31). The monoisotopic (exact) mass is 445 g/mol. The van der Waals surface area contributed by atoms with Gasteiger partial charge in [-0.15, -0.1) is 11.3 Å². The molecule has 164 valence electrons. The fourth-order valence-electron chi connectivity index (χ4n) is 4.28. The van der Waals surface area contributed by atoms with Gasteiger partial charge in [-0.1, -0.05) is 48.5 Å². The summed E-state index contributed by atoms with van der Waals surface area (Å²) in [5, 5.41) is 6.78. The van der Waals surface area contributed by atoms with Crippen molar-refractivity contribution in [3.05, 3.63) is 71.7 Å². The van der Waals surface area contributed by atoms with Crippen LogP contribution in [0.15, 0.2) is 66.2 Å². The van der Waals surface area contributed by atoms with Crippen molar-refractivity contribution in [2.75, 3.05) is 38.0 Å². The first-order valence-corrected chi connectivity index (χ1v) is 11.9. The number of rotatable bonds is 6. The summed E-state index contributed by atoms with van der Waals surface area (Å²) in [6.45, 7) is 5.26. The second-order valence-electron chi connectivity index (χ2n) is 8.23. The van der Waals surface area contributed by atoms with Crippen molar-refractivity contribution in [2.24, 2.45) is 0 Å².